The molecule has 1 aromatic rings. The molecule has 1 heterocycles. The molecule has 0 aliphatic heterocycles. The lowest BCUT2D eigenvalue weighted by molar-refractivity contribution is 0.0938. The maximum Gasteiger partial charge on any atom is 0.263 e. The minimum atomic E-state index is -0.0353. The minimum absolute atomic E-state index is 0.0339. The molecule has 0 aromatic carbocycles. The van der Waals surface area contributed by atoms with E-state index in [-0.39, 0.29) is 18.6 Å². The number of nitrogens with zero attached hydrogens (tertiary/aromatic N) is 1. The summed E-state index contributed by atoms with van der Waals surface area (Å²) in [5, 5.41) is 12.0. The van der Waals surface area contributed by atoms with Crippen LogP contribution in [0.25, 0.3) is 0 Å². The zero-order valence-electron chi connectivity index (χ0n) is 10.4. The van der Waals surface area contributed by atoms with Crippen LogP contribution >= 0.6 is 23.1 Å². The van der Waals surface area contributed by atoms with E-state index in [0.717, 1.165) is 29.2 Å². The Kier molecular flexibility index (Phi) is 5.03. The van der Waals surface area contributed by atoms with Gasteiger partial charge in [-0.05, 0) is 25.5 Å². The Morgan fingerprint density at radius 3 is 3.11 bits per heavy atom. The van der Waals surface area contributed by atoms with Gasteiger partial charge in [-0.15, -0.1) is 11.3 Å². The van der Waals surface area contributed by atoms with Crippen LogP contribution in [0.4, 0.5) is 0 Å². The molecule has 1 saturated carbocycles. The zero-order chi connectivity index (χ0) is 13.0. The van der Waals surface area contributed by atoms with Crippen molar-refractivity contribution in [2.24, 2.45) is 0 Å². The van der Waals surface area contributed by atoms with E-state index in [2.05, 4.69) is 10.3 Å². The van der Waals surface area contributed by atoms with Crippen molar-refractivity contribution in [1.82, 2.24) is 10.3 Å². The maximum absolute atomic E-state index is 12.2. The highest BCUT2D eigenvalue weighted by molar-refractivity contribution is 7.98. The van der Waals surface area contributed by atoms with Crippen molar-refractivity contribution in [2.45, 2.75) is 31.2 Å². The van der Waals surface area contributed by atoms with Gasteiger partial charge >= 0.3 is 0 Å². The van der Waals surface area contributed by atoms with Gasteiger partial charge in [-0.1, -0.05) is 0 Å². The van der Waals surface area contributed by atoms with Crippen molar-refractivity contribution in [3.63, 3.8) is 0 Å². The molecule has 18 heavy (non-hydrogen) atoms. The third-order valence-corrected chi connectivity index (χ3v) is 4.52. The van der Waals surface area contributed by atoms with E-state index in [0.29, 0.717) is 12.3 Å². The van der Waals surface area contributed by atoms with Crippen LogP contribution in [0.15, 0.2) is 5.51 Å². The van der Waals surface area contributed by atoms with Gasteiger partial charge in [-0.2, -0.15) is 11.8 Å². The van der Waals surface area contributed by atoms with Gasteiger partial charge < -0.3 is 10.4 Å². The average Bonchev–Trinajstić information content (AvgIpc) is 3.07. The molecule has 0 spiro atoms. The fourth-order valence-corrected chi connectivity index (χ4v) is 3.31. The van der Waals surface area contributed by atoms with Gasteiger partial charge in [-0.25, -0.2) is 4.98 Å². The first kappa shape index (κ1) is 13.8. The lowest BCUT2D eigenvalue weighted by Crippen LogP contribution is -2.37. The van der Waals surface area contributed by atoms with Gasteiger partial charge in [0.2, 0.25) is 0 Å². The molecule has 0 saturated heterocycles. The van der Waals surface area contributed by atoms with E-state index in [9.17, 15) is 4.79 Å². The monoisotopic (exact) mass is 286 g/mol. The molecule has 1 aromatic heterocycles. The molecule has 1 aliphatic rings. The number of hydrogen-bond donors (Lipinski definition) is 2. The molecular weight excluding hydrogens is 268 g/mol. The molecule has 2 rings (SSSR count). The van der Waals surface area contributed by atoms with E-state index < -0.39 is 0 Å². The van der Waals surface area contributed by atoms with E-state index in [4.69, 9.17) is 5.11 Å². The number of hydrogen-bond acceptors (Lipinski definition) is 5. The van der Waals surface area contributed by atoms with Gasteiger partial charge in [0.05, 0.1) is 11.2 Å². The molecule has 1 aliphatic carbocycles. The summed E-state index contributed by atoms with van der Waals surface area (Å²) in [5.74, 6) is 1.28. The molecule has 1 fully saturated rings. The Bertz CT molecular complexity index is 399. The summed E-state index contributed by atoms with van der Waals surface area (Å²) in [7, 11) is 0. The molecule has 1 atom stereocenters. The van der Waals surface area contributed by atoms with Gasteiger partial charge in [0.25, 0.3) is 5.91 Å². The SMILES string of the molecule is CSCC(CCO)NC(=O)c1scnc1C1CC1. The number of aliphatic hydroxyl groups excluding tert-OH is 1. The van der Waals surface area contributed by atoms with E-state index in [1.165, 1.54) is 11.3 Å². The summed E-state index contributed by atoms with van der Waals surface area (Å²) in [4.78, 5) is 17.2. The fourth-order valence-electron chi connectivity index (χ4n) is 1.88. The smallest absolute Gasteiger partial charge is 0.263 e. The van der Waals surface area contributed by atoms with Crippen molar-refractivity contribution in [3.05, 3.63) is 16.1 Å². The molecule has 100 valence electrons. The van der Waals surface area contributed by atoms with Crippen LogP contribution in [0.2, 0.25) is 0 Å². The largest absolute Gasteiger partial charge is 0.396 e. The van der Waals surface area contributed by atoms with E-state index >= 15 is 0 Å². The Morgan fingerprint density at radius 2 is 2.50 bits per heavy atom. The van der Waals surface area contributed by atoms with Gasteiger partial charge in [-0.3, -0.25) is 4.79 Å². The van der Waals surface area contributed by atoms with Crippen LogP contribution in [0.1, 0.15) is 40.5 Å². The van der Waals surface area contributed by atoms with Crippen molar-refractivity contribution in [2.75, 3.05) is 18.6 Å². The Balaban J connectivity index is 1.98. The number of aliphatic hydroxyl groups is 1. The number of thiazole rings is 1. The van der Waals surface area contributed by atoms with E-state index in [1.807, 2.05) is 6.26 Å². The molecule has 6 heteroatoms. The standard InChI is InChI=1S/C12H18N2O2S2/c1-17-6-9(4-5-15)14-12(16)11-10(8-2-3-8)13-7-18-11/h7-9,15H,2-6H2,1H3,(H,14,16). The number of rotatable bonds is 7. The normalized spacial score (nSPS) is 16.6. The Morgan fingerprint density at radius 1 is 1.72 bits per heavy atom. The number of carbonyl (C=O) groups excluding carboxylic acids is 1. The summed E-state index contributed by atoms with van der Waals surface area (Å²) in [6, 6.07) is 0.0339. The predicted octanol–water partition coefficient (Wildman–Crippen LogP) is 1.86. The van der Waals surface area contributed by atoms with Gasteiger partial charge in [0.1, 0.15) is 4.88 Å². The summed E-state index contributed by atoms with van der Waals surface area (Å²) >= 11 is 3.09. The molecule has 1 unspecified atom stereocenters. The number of aromatic nitrogens is 1. The zero-order valence-corrected chi connectivity index (χ0v) is 12.0. The highest BCUT2D eigenvalue weighted by Gasteiger charge is 2.31. The first-order valence-electron chi connectivity index (χ1n) is 6.10. The molecule has 2 N–H and O–H groups in total. The first-order chi connectivity index (χ1) is 8.76. The summed E-state index contributed by atoms with van der Waals surface area (Å²) in [5.41, 5.74) is 2.71. The van der Waals surface area contributed by atoms with Crippen LogP contribution in [-0.4, -0.2) is 40.7 Å². The molecule has 0 bridgehead atoms. The minimum Gasteiger partial charge on any atom is -0.396 e. The van der Waals surface area contributed by atoms with E-state index in [1.54, 1.807) is 17.3 Å². The third-order valence-electron chi connectivity index (χ3n) is 2.95. The lowest BCUT2D eigenvalue weighted by atomic mass is 10.2. The predicted molar refractivity (Wildman–Crippen MR) is 75.4 cm³/mol. The van der Waals surface area contributed by atoms with Gasteiger partial charge in [0.15, 0.2) is 0 Å². The molecule has 1 amide bonds. The third kappa shape index (κ3) is 3.46. The highest BCUT2D eigenvalue weighted by Crippen LogP contribution is 2.41. The van der Waals surface area contributed by atoms with Crippen LogP contribution in [0.5, 0.6) is 0 Å². The van der Waals surface area contributed by atoms with Crippen molar-refractivity contribution in [1.29, 1.82) is 0 Å². The number of amides is 1. The molecule has 4 nitrogen and oxygen atoms in total. The molecular formula is C12H18N2O2S2. The highest BCUT2D eigenvalue weighted by atomic mass is 32.2. The van der Waals surface area contributed by atoms with Crippen LogP contribution in [0, 0.1) is 0 Å². The quantitative estimate of drug-likeness (QED) is 0.803. The second-order valence-electron chi connectivity index (χ2n) is 4.48. The Labute approximate surface area is 115 Å². The topological polar surface area (TPSA) is 62.2 Å². The van der Waals surface area contributed by atoms with Crippen molar-refractivity contribution in [3.8, 4) is 0 Å². The second kappa shape index (κ2) is 6.54. The maximum atomic E-state index is 12.2. The summed E-state index contributed by atoms with van der Waals surface area (Å²) in [6.45, 7) is 0.101. The summed E-state index contributed by atoms with van der Waals surface area (Å²) in [6.07, 6.45) is 4.90. The van der Waals surface area contributed by atoms with Gasteiger partial charge in [0, 0.05) is 24.3 Å². The molecule has 0 radical (unpaired) electrons. The van der Waals surface area contributed by atoms with Crippen LogP contribution in [-0.2, 0) is 0 Å². The van der Waals surface area contributed by atoms with Crippen LogP contribution < -0.4 is 5.32 Å². The van der Waals surface area contributed by atoms with Crippen LogP contribution in [0.3, 0.4) is 0 Å². The lowest BCUT2D eigenvalue weighted by Gasteiger charge is -2.16. The first-order valence-corrected chi connectivity index (χ1v) is 8.37. The summed E-state index contributed by atoms with van der Waals surface area (Å²) < 4.78 is 0. The second-order valence-corrected chi connectivity index (χ2v) is 6.24. The fraction of sp³-hybridized carbons (Fsp3) is 0.667. The number of thioether (sulfide) groups is 1. The van der Waals surface area contributed by atoms with Crippen molar-refractivity contribution >= 4 is 29.0 Å². The number of carbonyl (C=O) groups is 1. The van der Waals surface area contributed by atoms with Crippen molar-refractivity contribution < 1.29 is 9.90 Å². The Hall–Kier alpha value is -0.590. The number of nitrogens with one attached hydrogen (secondary N) is 1. The average molecular weight is 286 g/mol.